The molecule has 2 aromatic rings. The summed E-state index contributed by atoms with van der Waals surface area (Å²) < 4.78 is 47.3. The van der Waals surface area contributed by atoms with Gasteiger partial charge in [0.15, 0.2) is 0 Å². The summed E-state index contributed by atoms with van der Waals surface area (Å²) in [5.41, 5.74) is 0.430. The van der Waals surface area contributed by atoms with Crippen LogP contribution in [0.1, 0.15) is 26.2 Å². The Labute approximate surface area is 197 Å². The lowest BCUT2D eigenvalue weighted by atomic mass is 10.1. The second-order valence-corrected chi connectivity index (χ2v) is 10.3. The van der Waals surface area contributed by atoms with Gasteiger partial charge in [0.2, 0.25) is 15.9 Å². The summed E-state index contributed by atoms with van der Waals surface area (Å²) in [5.74, 6) is -2.62. The van der Waals surface area contributed by atoms with Gasteiger partial charge in [-0.1, -0.05) is 25.8 Å². The van der Waals surface area contributed by atoms with Crippen LogP contribution >= 0.6 is 11.8 Å². The van der Waals surface area contributed by atoms with E-state index in [2.05, 4.69) is 11.9 Å². The van der Waals surface area contributed by atoms with Crippen LogP contribution in [0, 0.1) is 0 Å². The highest BCUT2D eigenvalue weighted by Crippen LogP contribution is 2.43. The van der Waals surface area contributed by atoms with Gasteiger partial charge in [-0.2, -0.15) is 8.70 Å². The first kappa shape index (κ1) is 25.0. The number of thioether (sulfide) groups is 1. The van der Waals surface area contributed by atoms with Gasteiger partial charge in [0.05, 0.1) is 10.6 Å². The van der Waals surface area contributed by atoms with Gasteiger partial charge in [-0.15, -0.1) is 11.8 Å². The van der Waals surface area contributed by atoms with Crippen molar-refractivity contribution in [1.29, 1.82) is 0 Å². The standard InChI is InChI=1S/C22H26FN3O5S2/c1-4-5-8-15-13-26(21-9-6-7-10-24-21)17-11-19(32-3)18(31-14-16(23)22(27)28)12-20(17)33(29,30)25(15)2/h6-7,9-12,14-15H,4-5,8,13H2,1-3H3,(H,27,28)/b16-14-. The number of pyridine rings is 1. The van der Waals surface area contributed by atoms with Gasteiger partial charge in [-0.3, -0.25) is 0 Å². The molecule has 1 aliphatic rings. The first-order valence-corrected chi connectivity index (χ1v) is 13.0. The molecular formula is C22H26FN3O5S2. The van der Waals surface area contributed by atoms with E-state index in [-0.39, 0.29) is 16.7 Å². The van der Waals surface area contributed by atoms with Gasteiger partial charge in [-0.25, -0.2) is 18.2 Å². The zero-order valence-corrected chi connectivity index (χ0v) is 20.2. The molecule has 8 nitrogen and oxygen atoms in total. The van der Waals surface area contributed by atoms with E-state index in [9.17, 15) is 17.6 Å². The molecule has 0 saturated carbocycles. The largest absolute Gasteiger partial charge is 0.476 e. The number of carboxylic acid groups (broad SMARTS) is 1. The zero-order valence-electron chi connectivity index (χ0n) is 18.6. The Balaban J connectivity index is 2.21. The number of aromatic nitrogens is 1. The molecule has 1 unspecified atom stereocenters. The Kier molecular flexibility index (Phi) is 7.98. The lowest BCUT2D eigenvalue weighted by molar-refractivity contribution is -0.134. The van der Waals surface area contributed by atoms with E-state index in [1.807, 2.05) is 17.0 Å². The number of hydrogen-bond acceptors (Lipinski definition) is 7. The number of ether oxygens (including phenoxy) is 1. The summed E-state index contributed by atoms with van der Waals surface area (Å²) in [5, 5.41) is 8.75. The SMILES string of the molecule is CCCCC1CN(c2ccccn2)c2cc(SC)c(O/C=C(\F)C(=O)O)cc2S(=O)(=O)N1C. The number of nitrogens with zero attached hydrogens (tertiary/aromatic N) is 3. The molecule has 3 rings (SSSR count). The summed E-state index contributed by atoms with van der Waals surface area (Å²) in [6.07, 6.45) is 6.33. The van der Waals surface area contributed by atoms with E-state index in [1.54, 1.807) is 31.6 Å². The molecule has 1 atom stereocenters. The molecule has 2 heterocycles. The average Bonchev–Trinajstić information content (AvgIpc) is 2.89. The van der Waals surface area contributed by atoms with Crippen molar-refractivity contribution < 1.29 is 27.4 Å². The molecule has 0 bridgehead atoms. The lowest BCUT2D eigenvalue weighted by Crippen LogP contribution is -2.41. The molecule has 1 aromatic heterocycles. The van der Waals surface area contributed by atoms with Crippen molar-refractivity contribution in [3.63, 3.8) is 0 Å². The molecule has 0 aliphatic carbocycles. The van der Waals surface area contributed by atoms with Crippen molar-refractivity contribution >= 4 is 39.3 Å². The Bertz CT molecular complexity index is 1140. The number of likely N-dealkylation sites (N-methyl/N-ethyl adjacent to an activating group) is 1. The van der Waals surface area contributed by atoms with Gasteiger partial charge in [0.1, 0.15) is 22.7 Å². The quantitative estimate of drug-likeness (QED) is 0.327. The number of carbonyl (C=O) groups is 1. The Morgan fingerprint density at radius 1 is 1.39 bits per heavy atom. The van der Waals surface area contributed by atoms with Crippen LogP contribution in [-0.2, 0) is 14.8 Å². The second kappa shape index (κ2) is 10.5. The van der Waals surface area contributed by atoms with E-state index in [0.29, 0.717) is 35.6 Å². The average molecular weight is 496 g/mol. The predicted octanol–water partition coefficient (Wildman–Crippen LogP) is 4.41. The van der Waals surface area contributed by atoms with Crippen molar-refractivity contribution in [2.75, 3.05) is 24.7 Å². The number of halogens is 1. The van der Waals surface area contributed by atoms with Gasteiger partial charge in [0.25, 0.3) is 0 Å². The number of benzene rings is 1. The third-order valence-corrected chi connectivity index (χ3v) is 8.11. The molecule has 11 heteroatoms. The highest BCUT2D eigenvalue weighted by molar-refractivity contribution is 7.98. The van der Waals surface area contributed by atoms with Gasteiger partial charge < -0.3 is 14.7 Å². The minimum absolute atomic E-state index is 0.0217. The predicted molar refractivity (Wildman–Crippen MR) is 125 cm³/mol. The minimum Gasteiger partial charge on any atom is -0.476 e. The zero-order chi connectivity index (χ0) is 24.2. The highest BCUT2D eigenvalue weighted by Gasteiger charge is 2.38. The van der Waals surface area contributed by atoms with E-state index < -0.39 is 21.8 Å². The lowest BCUT2D eigenvalue weighted by Gasteiger charge is -2.29. The van der Waals surface area contributed by atoms with Crippen molar-refractivity contribution in [3.8, 4) is 5.75 Å². The van der Waals surface area contributed by atoms with Crippen LogP contribution in [0.3, 0.4) is 0 Å². The molecule has 33 heavy (non-hydrogen) atoms. The van der Waals surface area contributed by atoms with E-state index in [4.69, 9.17) is 9.84 Å². The smallest absolute Gasteiger partial charge is 0.368 e. The molecule has 0 fully saturated rings. The third-order valence-electron chi connectivity index (χ3n) is 5.41. The summed E-state index contributed by atoms with van der Waals surface area (Å²) in [6.45, 7) is 2.45. The number of unbranched alkanes of at least 4 members (excludes halogenated alkanes) is 1. The van der Waals surface area contributed by atoms with Crippen molar-refractivity contribution in [2.45, 2.75) is 42.0 Å². The Morgan fingerprint density at radius 2 is 2.15 bits per heavy atom. The number of rotatable bonds is 8. The van der Waals surface area contributed by atoms with Crippen LogP contribution < -0.4 is 9.64 Å². The maximum absolute atomic E-state index is 13.6. The number of sulfonamides is 1. The number of anilines is 2. The number of aliphatic carboxylic acids is 1. The van der Waals surface area contributed by atoms with Crippen LogP contribution in [0.5, 0.6) is 5.75 Å². The third kappa shape index (κ3) is 5.31. The fourth-order valence-corrected chi connectivity index (χ4v) is 5.69. The molecular weight excluding hydrogens is 469 g/mol. The Morgan fingerprint density at radius 3 is 2.76 bits per heavy atom. The maximum atomic E-state index is 13.6. The fourth-order valence-electron chi connectivity index (χ4n) is 3.58. The maximum Gasteiger partial charge on any atom is 0.368 e. The molecule has 0 radical (unpaired) electrons. The van der Waals surface area contributed by atoms with Crippen LogP contribution in [0.4, 0.5) is 15.9 Å². The van der Waals surface area contributed by atoms with Crippen LogP contribution in [0.15, 0.2) is 58.4 Å². The molecule has 0 saturated heterocycles. The minimum atomic E-state index is -3.94. The first-order chi connectivity index (χ1) is 15.7. The number of carboxylic acids is 1. The topological polar surface area (TPSA) is 100 Å². The Hall–Kier alpha value is -2.63. The van der Waals surface area contributed by atoms with Crippen molar-refractivity contribution in [3.05, 3.63) is 48.6 Å². The highest BCUT2D eigenvalue weighted by atomic mass is 32.2. The van der Waals surface area contributed by atoms with Gasteiger partial charge in [-0.05, 0) is 30.9 Å². The molecule has 1 aliphatic heterocycles. The van der Waals surface area contributed by atoms with E-state index >= 15 is 0 Å². The fraction of sp³-hybridized carbons (Fsp3) is 0.364. The van der Waals surface area contributed by atoms with Gasteiger partial charge in [0, 0.05) is 31.9 Å². The number of hydrogen-bond donors (Lipinski definition) is 1. The molecule has 0 amide bonds. The molecule has 178 valence electrons. The number of fused-ring (bicyclic) bond motifs is 1. The monoisotopic (exact) mass is 495 g/mol. The van der Waals surface area contributed by atoms with Crippen LogP contribution in [-0.4, -0.2) is 54.7 Å². The van der Waals surface area contributed by atoms with Crippen molar-refractivity contribution in [1.82, 2.24) is 9.29 Å². The first-order valence-electron chi connectivity index (χ1n) is 10.3. The normalized spacial score (nSPS) is 18.5. The van der Waals surface area contributed by atoms with E-state index in [0.717, 1.165) is 12.8 Å². The van der Waals surface area contributed by atoms with E-state index in [1.165, 1.54) is 22.1 Å². The van der Waals surface area contributed by atoms with Crippen LogP contribution in [0.2, 0.25) is 0 Å². The molecule has 1 N–H and O–H groups in total. The van der Waals surface area contributed by atoms with Crippen molar-refractivity contribution in [2.24, 2.45) is 0 Å². The summed E-state index contributed by atoms with van der Waals surface area (Å²) in [6, 6.07) is 8.11. The van der Waals surface area contributed by atoms with Crippen LogP contribution in [0.25, 0.3) is 0 Å². The summed E-state index contributed by atoms with van der Waals surface area (Å²) in [4.78, 5) is 17.6. The molecule has 1 aromatic carbocycles. The summed E-state index contributed by atoms with van der Waals surface area (Å²) in [7, 11) is -2.39. The molecule has 0 spiro atoms. The second-order valence-electron chi connectivity index (χ2n) is 7.48. The van der Waals surface area contributed by atoms with Gasteiger partial charge >= 0.3 is 5.97 Å². The summed E-state index contributed by atoms with van der Waals surface area (Å²) >= 11 is 1.27.